The summed E-state index contributed by atoms with van der Waals surface area (Å²) < 4.78 is 33.0. The number of hydrogen-bond acceptors (Lipinski definition) is 4. The number of primary amides is 1. The molecule has 27 heavy (non-hydrogen) atoms. The van der Waals surface area contributed by atoms with Crippen molar-refractivity contribution in [1.29, 1.82) is 0 Å². The third kappa shape index (κ3) is 5.94. The smallest absolute Gasteiger partial charge is 0.243 e. The van der Waals surface area contributed by atoms with Gasteiger partial charge in [-0.3, -0.25) is 4.79 Å². The van der Waals surface area contributed by atoms with Crippen molar-refractivity contribution in [3.63, 3.8) is 0 Å². The highest BCUT2D eigenvalue weighted by Crippen LogP contribution is 2.27. The molecule has 0 atom stereocenters. The molecule has 2 N–H and O–H groups in total. The lowest BCUT2D eigenvalue weighted by atomic mass is 9.98. The molecule has 1 fully saturated rings. The first kappa shape index (κ1) is 21.7. The van der Waals surface area contributed by atoms with E-state index >= 15 is 0 Å². The van der Waals surface area contributed by atoms with Gasteiger partial charge in [-0.05, 0) is 49.9 Å². The highest BCUT2D eigenvalue weighted by molar-refractivity contribution is 7.89. The fourth-order valence-corrected chi connectivity index (χ4v) is 4.92. The average molecular weight is 397 g/mol. The molecule has 0 unspecified atom stereocenters. The molecule has 7 heteroatoms. The van der Waals surface area contributed by atoms with E-state index in [9.17, 15) is 13.2 Å². The van der Waals surface area contributed by atoms with Crippen LogP contribution in [0.15, 0.2) is 23.1 Å². The van der Waals surface area contributed by atoms with E-state index < -0.39 is 10.0 Å². The van der Waals surface area contributed by atoms with Crippen LogP contribution in [0.4, 0.5) is 0 Å². The summed E-state index contributed by atoms with van der Waals surface area (Å²) in [6.07, 6.45) is 6.81. The Kier molecular flexibility index (Phi) is 8.10. The lowest BCUT2D eigenvalue weighted by Crippen LogP contribution is -2.41. The summed E-state index contributed by atoms with van der Waals surface area (Å²) >= 11 is 0. The van der Waals surface area contributed by atoms with E-state index in [0.29, 0.717) is 32.5 Å². The molecule has 2 rings (SSSR count). The summed E-state index contributed by atoms with van der Waals surface area (Å²) in [5.74, 6) is 0.155. The zero-order valence-corrected chi connectivity index (χ0v) is 17.3. The number of unbranched alkanes of at least 4 members (excludes halogenated alkanes) is 4. The number of hydrogen-bond donors (Lipinski definition) is 1. The van der Waals surface area contributed by atoms with Gasteiger partial charge in [-0.2, -0.15) is 4.31 Å². The summed E-state index contributed by atoms with van der Waals surface area (Å²) in [6.45, 7) is 5.35. The summed E-state index contributed by atoms with van der Waals surface area (Å²) in [7, 11) is -3.56. The van der Waals surface area contributed by atoms with Crippen LogP contribution in [0.25, 0.3) is 0 Å². The Hall–Kier alpha value is -1.60. The number of carbonyl (C=O) groups is 1. The van der Waals surface area contributed by atoms with Crippen molar-refractivity contribution < 1.29 is 17.9 Å². The summed E-state index contributed by atoms with van der Waals surface area (Å²) in [6, 6.07) is 5.02. The van der Waals surface area contributed by atoms with Gasteiger partial charge in [-0.25, -0.2) is 8.42 Å². The number of benzene rings is 1. The molecule has 0 bridgehead atoms. The lowest BCUT2D eigenvalue weighted by Gasteiger charge is -2.29. The maximum Gasteiger partial charge on any atom is 0.243 e. The standard InChI is InChI=1S/C20H32N2O4S/c1-3-4-5-6-7-14-26-19-9-8-18(15-16(19)2)27(24,25)22-12-10-17(11-13-22)20(21)23/h8-9,15,17H,3-7,10-14H2,1-2H3,(H2,21,23). The van der Waals surface area contributed by atoms with Crippen LogP contribution < -0.4 is 10.5 Å². The van der Waals surface area contributed by atoms with Gasteiger partial charge in [0, 0.05) is 19.0 Å². The number of rotatable bonds is 10. The van der Waals surface area contributed by atoms with Crippen molar-refractivity contribution in [3.8, 4) is 5.75 Å². The second-order valence-corrected chi connectivity index (χ2v) is 9.21. The average Bonchev–Trinajstić information content (AvgIpc) is 2.65. The molecule has 152 valence electrons. The highest BCUT2D eigenvalue weighted by atomic mass is 32.2. The molecular weight excluding hydrogens is 364 g/mol. The van der Waals surface area contributed by atoms with Crippen LogP contribution >= 0.6 is 0 Å². The Morgan fingerprint density at radius 1 is 1.19 bits per heavy atom. The molecule has 1 heterocycles. The summed E-state index contributed by atoms with van der Waals surface area (Å²) in [5.41, 5.74) is 6.14. The third-order valence-corrected chi connectivity index (χ3v) is 7.04. The Morgan fingerprint density at radius 3 is 2.44 bits per heavy atom. The number of ether oxygens (including phenoxy) is 1. The molecule has 1 saturated heterocycles. The zero-order valence-electron chi connectivity index (χ0n) is 16.4. The molecule has 6 nitrogen and oxygen atoms in total. The van der Waals surface area contributed by atoms with Crippen molar-refractivity contribution in [2.24, 2.45) is 11.7 Å². The number of piperidine rings is 1. The normalized spacial score (nSPS) is 16.4. The summed E-state index contributed by atoms with van der Waals surface area (Å²) in [4.78, 5) is 11.5. The maximum absolute atomic E-state index is 12.9. The van der Waals surface area contributed by atoms with Crippen molar-refractivity contribution >= 4 is 15.9 Å². The molecule has 1 amide bonds. The molecule has 0 aromatic heterocycles. The van der Waals surface area contributed by atoms with Gasteiger partial charge in [0.1, 0.15) is 5.75 Å². The van der Waals surface area contributed by atoms with Crippen LogP contribution in [0, 0.1) is 12.8 Å². The molecule has 0 aliphatic carbocycles. The second-order valence-electron chi connectivity index (χ2n) is 7.27. The molecule has 1 aromatic rings. The minimum absolute atomic E-state index is 0.230. The Labute approximate surface area is 163 Å². The van der Waals surface area contributed by atoms with Gasteiger partial charge in [-0.1, -0.05) is 32.6 Å². The van der Waals surface area contributed by atoms with Gasteiger partial charge >= 0.3 is 0 Å². The van der Waals surface area contributed by atoms with Crippen LogP contribution in [0.5, 0.6) is 5.75 Å². The molecule has 1 aromatic carbocycles. The number of carbonyl (C=O) groups excluding carboxylic acids is 1. The first-order valence-corrected chi connectivity index (χ1v) is 11.3. The first-order valence-electron chi connectivity index (χ1n) is 9.89. The number of amides is 1. The second kappa shape index (κ2) is 10.1. The SMILES string of the molecule is CCCCCCCOc1ccc(S(=O)(=O)N2CCC(C(N)=O)CC2)cc1C. The zero-order chi connectivity index (χ0) is 19.9. The van der Waals surface area contributed by atoms with E-state index in [1.165, 1.54) is 23.6 Å². The van der Waals surface area contributed by atoms with Gasteiger partial charge in [0.25, 0.3) is 0 Å². The van der Waals surface area contributed by atoms with E-state index in [-0.39, 0.29) is 16.7 Å². The van der Waals surface area contributed by atoms with Crippen molar-refractivity contribution in [2.45, 2.75) is 63.7 Å². The topological polar surface area (TPSA) is 89.7 Å². The summed E-state index contributed by atoms with van der Waals surface area (Å²) in [5, 5.41) is 0. The van der Waals surface area contributed by atoms with Crippen molar-refractivity contribution in [3.05, 3.63) is 23.8 Å². The first-order chi connectivity index (χ1) is 12.9. The monoisotopic (exact) mass is 396 g/mol. The number of aryl methyl sites for hydroxylation is 1. The molecule has 0 saturated carbocycles. The Morgan fingerprint density at radius 2 is 1.85 bits per heavy atom. The van der Waals surface area contributed by atoms with Crippen LogP contribution in [-0.4, -0.2) is 38.3 Å². The largest absolute Gasteiger partial charge is 0.493 e. The van der Waals surface area contributed by atoms with Gasteiger partial charge in [-0.15, -0.1) is 0 Å². The van der Waals surface area contributed by atoms with Crippen LogP contribution in [0.1, 0.15) is 57.4 Å². The third-order valence-electron chi connectivity index (χ3n) is 5.15. The lowest BCUT2D eigenvalue weighted by molar-refractivity contribution is -0.122. The Balaban J connectivity index is 1.94. The van der Waals surface area contributed by atoms with E-state index in [1.54, 1.807) is 18.2 Å². The minimum Gasteiger partial charge on any atom is -0.493 e. The minimum atomic E-state index is -3.56. The predicted octanol–water partition coefficient (Wildman–Crippen LogP) is 3.23. The molecule has 0 spiro atoms. The number of sulfonamides is 1. The van der Waals surface area contributed by atoms with E-state index in [2.05, 4.69) is 6.92 Å². The fraction of sp³-hybridized carbons (Fsp3) is 0.650. The van der Waals surface area contributed by atoms with Gasteiger partial charge in [0.2, 0.25) is 15.9 Å². The fourth-order valence-electron chi connectivity index (χ4n) is 3.36. The van der Waals surface area contributed by atoms with Crippen molar-refractivity contribution in [2.75, 3.05) is 19.7 Å². The van der Waals surface area contributed by atoms with E-state index in [0.717, 1.165) is 24.2 Å². The molecular formula is C20H32N2O4S. The van der Waals surface area contributed by atoms with E-state index in [1.807, 2.05) is 6.92 Å². The number of nitrogens with two attached hydrogens (primary N) is 1. The molecule has 1 aliphatic rings. The quantitative estimate of drug-likeness (QED) is 0.615. The Bertz CT molecular complexity index is 725. The number of nitrogens with zero attached hydrogens (tertiary/aromatic N) is 1. The molecule has 0 radical (unpaired) electrons. The van der Waals surface area contributed by atoms with E-state index in [4.69, 9.17) is 10.5 Å². The van der Waals surface area contributed by atoms with Crippen LogP contribution in [0.2, 0.25) is 0 Å². The highest BCUT2D eigenvalue weighted by Gasteiger charge is 2.31. The van der Waals surface area contributed by atoms with Crippen LogP contribution in [0.3, 0.4) is 0 Å². The van der Waals surface area contributed by atoms with Gasteiger partial charge in [0.15, 0.2) is 0 Å². The molecule has 1 aliphatic heterocycles. The van der Waals surface area contributed by atoms with Gasteiger partial charge in [0.05, 0.1) is 11.5 Å². The maximum atomic E-state index is 12.9. The van der Waals surface area contributed by atoms with Crippen molar-refractivity contribution in [1.82, 2.24) is 4.31 Å². The predicted molar refractivity (Wildman–Crippen MR) is 106 cm³/mol. The van der Waals surface area contributed by atoms with Crippen LogP contribution in [-0.2, 0) is 14.8 Å². The van der Waals surface area contributed by atoms with Gasteiger partial charge < -0.3 is 10.5 Å².